The number of nitrogens with zero attached hydrogens (tertiary/aromatic N) is 1. The highest BCUT2D eigenvalue weighted by molar-refractivity contribution is 6.05. The molecular weight excluding hydrogens is 250 g/mol. The number of hydrogen-bond donors (Lipinski definition) is 2. The van der Waals surface area contributed by atoms with Crippen LogP contribution in [-0.2, 0) is 5.41 Å². The molecular formula is C16H19N3O. The van der Waals surface area contributed by atoms with E-state index in [9.17, 15) is 4.79 Å². The van der Waals surface area contributed by atoms with E-state index in [1.807, 2.05) is 24.3 Å². The number of nitrogens with two attached hydrogens (primary N) is 1. The van der Waals surface area contributed by atoms with Gasteiger partial charge in [-0.3, -0.25) is 4.79 Å². The van der Waals surface area contributed by atoms with Crippen LogP contribution in [0.15, 0.2) is 42.6 Å². The Morgan fingerprint density at radius 3 is 2.45 bits per heavy atom. The van der Waals surface area contributed by atoms with Crippen LogP contribution in [0, 0.1) is 0 Å². The number of anilines is 2. The molecule has 0 saturated carbocycles. The molecule has 0 saturated heterocycles. The van der Waals surface area contributed by atoms with Crippen molar-refractivity contribution in [2.75, 3.05) is 11.1 Å². The van der Waals surface area contributed by atoms with Gasteiger partial charge >= 0.3 is 0 Å². The zero-order valence-corrected chi connectivity index (χ0v) is 12.0. The van der Waals surface area contributed by atoms with Crippen molar-refractivity contribution in [3.8, 4) is 0 Å². The van der Waals surface area contributed by atoms with Crippen LogP contribution in [0.3, 0.4) is 0 Å². The van der Waals surface area contributed by atoms with Crippen LogP contribution in [0.2, 0.25) is 0 Å². The van der Waals surface area contributed by atoms with Gasteiger partial charge in [0.25, 0.3) is 5.91 Å². The summed E-state index contributed by atoms with van der Waals surface area (Å²) in [5.74, 6) is 0.334. The summed E-state index contributed by atoms with van der Waals surface area (Å²) < 4.78 is 0. The van der Waals surface area contributed by atoms with Gasteiger partial charge < -0.3 is 11.1 Å². The maximum absolute atomic E-state index is 12.4. The number of hydrogen-bond acceptors (Lipinski definition) is 3. The zero-order chi connectivity index (χ0) is 14.8. The quantitative estimate of drug-likeness (QED) is 0.879. The fraction of sp³-hybridized carbons (Fsp3) is 0.250. The highest BCUT2D eigenvalue weighted by atomic mass is 16.1. The smallest absolute Gasteiger partial charge is 0.257 e. The molecule has 1 amide bonds. The lowest BCUT2D eigenvalue weighted by molar-refractivity contribution is 0.102. The Balaban J connectivity index is 2.28. The third kappa shape index (κ3) is 3.15. The number of rotatable bonds is 2. The standard InChI is InChI=1S/C16H19N3O/c1-16(2,3)13-7-5-4-6-12(13)15(20)19-14-9-8-11(17)10-18-14/h4-10H,17H2,1-3H3,(H,18,19,20). The molecule has 1 heterocycles. The molecule has 4 heteroatoms. The molecule has 0 spiro atoms. The molecule has 0 radical (unpaired) electrons. The van der Waals surface area contributed by atoms with Gasteiger partial charge in [-0.15, -0.1) is 0 Å². The van der Waals surface area contributed by atoms with Crippen LogP contribution in [0.1, 0.15) is 36.7 Å². The fourth-order valence-electron chi connectivity index (χ4n) is 2.00. The Hall–Kier alpha value is -2.36. The Morgan fingerprint density at radius 1 is 1.15 bits per heavy atom. The number of amides is 1. The van der Waals surface area contributed by atoms with Crippen molar-refractivity contribution in [3.63, 3.8) is 0 Å². The average Bonchev–Trinajstić information content (AvgIpc) is 2.40. The van der Waals surface area contributed by atoms with Crippen LogP contribution in [0.25, 0.3) is 0 Å². The summed E-state index contributed by atoms with van der Waals surface area (Å²) in [5, 5.41) is 2.79. The molecule has 20 heavy (non-hydrogen) atoms. The Morgan fingerprint density at radius 2 is 1.85 bits per heavy atom. The number of carbonyl (C=O) groups is 1. The summed E-state index contributed by atoms with van der Waals surface area (Å²) in [7, 11) is 0. The lowest BCUT2D eigenvalue weighted by Crippen LogP contribution is -2.21. The minimum absolute atomic E-state index is 0.0948. The Kier molecular flexibility index (Phi) is 3.74. The molecule has 0 aliphatic heterocycles. The Labute approximate surface area is 119 Å². The van der Waals surface area contributed by atoms with Gasteiger partial charge in [-0.2, -0.15) is 0 Å². The summed E-state index contributed by atoms with van der Waals surface area (Å²) in [6, 6.07) is 11.0. The van der Waals surface area contributed by atoms with Gasteiger partial charge in [0.15, 0.2) is 0 Å². The van der Waals surface area contributed by atoms with Crippen molar-refractivity contribution in [1.82, 2.24) is 4.98 Å². The predicted octanol–water partition coefficient (Wildman–Crippen LogP) is 3.21. The van der Waals surface area contributed by atoms with E-state index in [1.165, 1.54) is 6.20 Å². The molecule has 1 aromatic carbocycles. The molecule has 4 nitrogen and oxygen atoms in total. The molecule has 0 aliphatic carbocycles. The normalized spacial score (nSPS) is 11.2. The lowest BCUT2D eigenvalue weighted by atomic mass is 9.83. The van der Waals surface area contributed by atoms with E-state index in [4.69, 9.17) is 5.73 Å². The molecule has 2 rings (SSSR count). The van der Waals surface area contributed by atoms with Crippen molar-refractivity contribution in [2.24, 2.45) is 0 Å². The molecule has 2 aromatic rings. The number of pyridine rings is 1. The summed E-state index contributed by atoms with van der Waals surface area (Å²) in [5.41, 5.74) is 7.72. The van der Waals surface area contributed by atoms with E-state index >= 15 is 0 Å². The number of nitrogen functional groups attached to an aromatic ring is 1. The number of benzene rings is 1. The number of aromatic nitrogens is 1. The molecule has 104 valence electrons. The second kappa shape index (κ2) is 5.33. The minimum atomic E-state index is -0.159. The largest absolute Gasteiger partial charge is 0.397 e. The molecule has 0 aliphatic rings. The SMILES string of the molecule is CC(C)(C)c1ccccc1C(=O)Nc1ccc(N)cn1. The Bertz CT molecular complexity index is 612. The van der Waals surface area contributed by atoms with Crippen molar-refractivity contribution < 1.29 is 4.79 Å². The van der Waals surface area contributed by atoms with Gasteiger partial charge in [-0.25, -0.2) is 4.98 Å². The topological polar surface area (TPSA) is 68.0 Å². The lowest BCUT2D eigenvalue weighted by Gasteiger charge is -2.22. The van der Waals surface area contributed by atoms with Crippen LogP contribution in [0.4, 0.5) is 11.5 Å². The summed E-state index contributed by atoms with van der Waals surface area (Å²) in [6.07, 6.45) is 1.52. The van der Waals surface area contributed by atoms with Crippen LogP contribution in [0.5, 0.6) is 0 Å². The van der Waals surface area contributed by atoms with E-state index < -0.39 is 0 Å². The fourth-order valence-corrected chi connectivity index (χ4v) is 2.00. The van der Waals surface area contributed by atoms with Gasteiger partial charge in [0.1, 0.15) is 5.82 Å². The highest BCUT2D eigenvalue weighted by Gasteiger charge is 2.21. The summed E-state index contributed by atoms with van der Waals surface area (Å²) in [4.78, 5) is 16.5. The third-order valence-corrected chi connectivity index (χ3v) is 3.01. The predicted molar refractivity (Wildman–Crippen MR) is 81.7 cm³/mol. The van der Waals surface area contributed by atoms with Gasteiger partial charge in [-0.1, -0.05) is 39.0 Å². The highest BCUT2D eigenvalue weighted by Crippen LogP contribution is 2.26. The van der Waals surface area contributed by atoms with Gasteiger partial charge in [-0.05, 0) is 29.2 Å². The first-order chi connectivity index (χ1) is 9.38. The maximum atomic E-state index is 12.4. The molecule has 0 fully saturated rings. The number of nitrogens with one attached hydrogen (secondary N) is 1. The van der Waals surface area contributed by atoms with E-state index in [2.05, 4.69) is 31.1 Å². The molecule has 0 bridgehead atoms. The van der Waals surface area contributed by atoms with Crippen LogP contribution >= 0.6 is 0 Å². The van der Waals surface area contributed by atoms with E-state index in [-0.39, 0.29) is 11.3 Å². The third-order valence-electron chi connectivity index (χ3n) is 3.01. The minimum Gasteiger partial charge on any atom is -0.397 e. The van der Waals surface area contributed by atoms with Crippen molar-refractivity contribution in [3.05, 3.63) is 53.7 Å². The second-order valence-electron chi connectivity index (χ2n) is 5.73. The van der Waals surface area contributed by atoms with E-state index in [0.717, 1.165) is 5.56 Å². The molecule has 3 N–H and O–H groups in total. The second-order valence-corrected chi connectivity index (χ2v) is 5.73. The van der Waals surface area contributed by atoms with Gasteiger partial charge in [0.2, 0.25) is 0 Å². The average molecular weight is 269 g/mol. The van der Waals surface area contributed by atoms with Crippen molar-refractivity contribution >= 4 is 17.4 Å². The molecule has 0 atom stereocenters. The maximum Gasteiger partial charge on any atom is 0.257 e. The van der Waals surface area contributed by atoms with Crippen molar-refractivity contribution in [1.29, 1.82) is 0 Å². The number of carbonyl (C=O) groups excluding carboxylic acids is 1. The van der Waals surface area contributed by atoms with Crippen molar-refractivity contribution in [2.45, 2.75) is 26.2 Å². The van der Waals surface area contributed by atoms with E-state index in [1.54, 1.807) is 12.1 Å². The van der Waals surface area contributed by atoms with Gasteiger partial charge in [0, 0.05) is 5.56 Å². The molecule has 0 unspecified atom stereocenters. The zero-order valence-electron chi connectivity index (χ0n) is 12.0. The van der Waals surface area contributed by atoms with E-state index in [0.29, 0.717) is 17.1 Å². The summed E-state index contributed by atoms with van der Waals surface area (Å²) >= 11 is 0. The summed E-state index contributed by atoms with van der Waals surface area (Å²) in [6.45, 7) is 6.25. The first kappa shape index (κ1) is 14.1. The van der Waals surface area contributed by atoms with Crippen LogP contribution in [-0.4, -0.2) is 10.9 Å². The monoisotopic (exact) mass is 269 g/mol. The van der Waals surface area contributed by atoms with Crippen LogP contribution < -0.4 is 11.1 Å². The van der Waals surface area contributed by atoms with Gasteiger partial charge in [0.05, 0.1) is 11.9 Å². The molecule has 1 aromatic heterocycles. The first-order valence-electron chi connectivity index (χ1n) is 6.50. The first-order valence-corrected chi connectivity index (χ1v) is 6.50.